The van der Waals surface area contributed by atoms with Crippen LogP contribution in [0.1, 0.15) is 13.8 Å². The normalized spacial score (nSPS) is 11.0. The predicted octanol–water partition coefficient (Wildman–Crippen LogP) is 6.16. The van der Waals surface area contributed by atoms with Crippen molar-refractivity contribution < 1.29 is 9.59 Å². The van der Waals surface area contributed by atoms with Gasteiger partial charge in [0.15, 0.2) is 0 Å². The van der Waals surface area contributed by atoms with E-state index in [0.717, 1.165) is 21.2 Å². The molecule has 0 bridgehead atoms. The monoisotopic (exact) mass is 416 g/mol. The number of rotatable bonds is 8. The minimum absolute atomic E-state index is 0.131. The quantitative estimate of drug-likeness (QED) is 0.398. The van der Waals surface area contributed by atoms with Crippen LogP contribution in [-0.2, 0) is 9.59 Å². The van der Waals surface area contributed by atoms with Crippen molar-refractivity contribution in [1.82, 2.24) is 0 Å². The number of allylic oxidation sites excluding steroid dienone is 2. The molecular weight excluding hydrogens is 396 g/mol. The zero-order valence-corrected chi connectivity index (χ0v) is 17.4. The van der Waals surface area contributed by atoms with E-state index >= 15 is 0 Å². The van der Waals surface area contributed by atoms with Gasteiger partial charge < -0.3 is 10.6 Å². The maximum atomic E-state index is 11.5. The fourth-order valence-electron chi connectivity index (χ4n) is 1.95. The summed E-state index contributed by atoms with van der Waals surface area (Å²) in [4.78, 5) is 25.2. The van der Waals surface area contributed by atoms with E-state index in [2.05, 4.69) is 10.6 Å². The first kappa shape index (κ1) is 21.2. The van der Waals surface area contributed by atoms with E-state index in [0.29, 0.717) is 0 Å². The second kappa shape index (κ2) is 11.6. The zero-order valence-electron chi connectivity index (χ0n) is 15.0. The third-order valence-electron chi connectivity index (χ3n) is 3.14. The van der Waals surface area contributed by atoms with Crippen LogP contribution in [0.2, 0.25) is 0 Å². The van der Waals surface area contributed by atoms with Gasteiger partial charge in [-0.1, -0.05) is 12.2 Å². The van der Waals surface area contributed by atoms with Gasteiger partial charge in [-0.2, -0.15) is 0 Å². The van der Waals surface area contributed by atoms with E-state index in [1.807, 2.05) is 62.4 Å². The van der Waals surface area contributed by atoms with Crippen molar-refractivity contribution in [2.45, 2.75) is 23.6 Å². The number of amides is 2. The SMILES string of the molecule is CC=CC(=O)Nc1ccc(SSSc2ccc(NC(=O)C=CC)cc2)cc1. The molecule has 2 N–H and O–H groups in total. The third-order valence-corrected chi connectivity index (χ3v) is 6.99. The Balaban J connectivity index is 1.78. The van der Waals surface area contributed by atoms with E-state index in [1.54, 1.807) is 43.6 Å². The Labute approximate surface area is 171 Å². The van der Waals surface area contributed by atoms with Gasteiger partial charge in [-0.05, 0) is 106 Å². The summed E-state index contributed by atoms with van der Waals surface area (Å²) in [5.74, 6) is -0.263. The molecule has 0 aliphatic rings. The topological polar surface area (TPSA) is 58.2 Å². The molecule has 0 aliphatic heterocycles. The highest BCUT2D eigenvalue weighted by Gasteiger charge is 2.02. The second-order valence-corrected chi connectivity index (χ2v) is 9.31. The number of hydrogen-bond donors (Lipinski definition) is 2. The number of carbonyl (C=O) groups is 2. The molecule has 27 heavy (non-hydrogen) atoms. The molecule has 0 saturated carbocycles. The van der Waals surface area contributed by atoms with Crippen molar-refractivity contribution in [3.8, 4) is 0 Å². The summed E-state index contributed by atoms with van der Waals surface area (Å²) in [6, 6.07) is 15.4. The Morgan fingerprint density at radius 3 is 1.41 bits per heavy atom. The highest BCUT2D eigenvalue weighted by molar-refractivity contribution is 9.09. The number of hydrogen-bond acceptors (Lipinski definition) is 5. The fraction of sp³-hybridized carbons (Fsp3) is 0.100. The highest BCUT2D eigenvalue weighted by atomic mass is 33.5. The van der Waals surface area contributed by atoms with Crippen molar-refractivity contribution in [3.63, 3.8) is 0 Å². The number of benzene rings is 2. The van der Waals surface area contributed by atoms with Gasteiger partial charge in [0, 0.05) is 21.2 Å². The largest absolute Gasteiger partial charge is 0.323 e. The van der Waals surface area contributed by atoms with Crippen LogP contribution in [0.25, 0.3) is 0 Å². The highest BCUT2D eigenvalue weighted by Crippen LogP contribution is 2.44. The molecule has 7 heteroatoms. The van der Waals surface area contributed by atoms with Crippen LogP contribution >= 0.6 is 31.4 Å². The minimum atomic E-state index is -0.131. The zero-order chi connectivity index (χ0) is 19.5. The number of anilines is 2. The van der Waals surface area contributed by atoms with Crippen molar-refractivity contribution in [3.05, 3.63) is 72.8 Å². The van der Waals surface area contributed by atoms with Crippen molar-refractivity contribution >= 4 is 54.6 Å². The summed E-state index contributed by atoms with van der Waals surface area (Å²) in [6.45, 7) is 3.61. The number of nitrogens with one attached hydrogen (secondary N) is 2. The standard InChI is InChI=1S/C20H20N2O2S3/c1-3-5-19(23)21-15-7-11-17(12-8-15)25-27-26-18-13-9-16(10-14-18)22-20(24)6-4-2/h3-14H,1-2H3,(H,21,23)(H,22,24). The molecular formula is C20H20N2O2S3. The maximum Gasteiger partial charge on any atom is 0.248 e. The smallest absolute Gasteiger partial charge is 0.248 e. The summed E-state index contributed by atoms with van der Waals surface area (Å²) in [7, 11) is 4.95. The Hall–Kier alpha value is -2.09. The van der Waals surface area contributed by atoms with E-state index in [9.17, 15) is 9.59 Å². The fourth-order valence-corrected chi connectivity index (χ4v) is 5.60. The molecule has 2 aromatic rings. The second-order valence-electron chi connectivity index (χ2n) is 5.26. The molecule has 0 saturated heterocycles. The molecule has 2 amide bonds. The minimum Gasteiger partial charge on any atom is -0.323 e. The average molecular weight is 417 g/mol. The average Bonchev–Trinajstić information content (AvgIpc) is 2.65. The lowest BCUT2D eigenvalue weighted by molar-refractivity contribution is -0.112. The lowest BCUT2D eigenvalue weighted by Crippen LogP contribution is -2.07. The Morgan fingerprint density at radius 2 is 1.07 bits per heavy atom. The van der Waals surface area contributed by atoms with E-state index in [1.165, 1.54) is 12.2 Å². The Bertz CT molecular complexity index is 747. The third kappa shape index (κ3) is 7.99. The van der Waals surface area contributed by atoms with Crippen LogP contribution in [0.5, 0.6) is 0 Å². The maximum absolute atomic E-state index is 11.5. The lowest BCUT2D eigenvalue weighted by atomic mass is 10.3. The lowest BCUT2D eigenvalue weighted by Gasteiger charge is -2.05. The van der Waals surface area contributed by atoms with Crippen LogP contribution in [0.4, 0.5) is 11.4 Å². The molecule has 2 rings (SSSR count). The van der Waals surface area contributed by atoms with Crippen LogP contribution in [0.15, 0.2) is 82.6 Å². The van der Waals surface area contributed by atoms with Gasteiger partial charge >= 0.3 is 0 Å². The summed E-state index contributed by atoms with van der Waals surface area (Å²) >= 11 is 0. The molecule has 0 radical (unpaired) electrons. The molecule has 0 aromatic heterocycles. The molecule has 0 spiro atoms. The molecule has 0 atom stereocenters. The molecule has 4 nitrogen and oxygen atoms in total. The predicted molar refractivity (Wildman–Crippen MR) is 119 cm³/mol. The van der Waals surface area contributed by atoms with Crippen LogP contribution in [0.3, 0.4) is 0 Å². The first-order chi connectivity index (χ1) is 13.1. The van der Waals surface area contributed by atoms with E-state index in [-0.39, 0.29) is 11.8 Å². The van der Waals surface area contributed by atoms with Gasteiger partial charge in [0.25, 0.3) is 0 Å². The summed E-state index contributed by atoms with van der Waals surface area (Å²) in [5.41, 5.74) is 1.55. The van der Waals surface area contributed by atoms with E-state index < -0.39 is 0 Å². The Kier molecular flexibility index (Phi) is 9.10. The van der Waals surface area contributed by atoms with Gasteiger partial charge in [0.1, 0.15) is 0 Å². The van der Waals surface area contributed by atoms with Crippen LogP contribution in [-0.4, -0.2) is 11.8 Å². The molecule has 0 heterocycles. The first-order valence-electron chi connectivity index (χ1n) is 8.19. The summed E-state index contributed by atoms with van der Waals surface area (Å²) < 4.78 is 0. The number of carbonyl (C=O) groups excluding carboxylic acids is 2. The molecule has 2 aromatic carbocycles. The van der Waals surface area contributed by atoms with Gasteiger partial charge in [-0.25, -0.2) is 0 Å². The van der Waals surface area contributed by atoms with Crippen molar-refractivity contribution in [2.75, 3.05) is 10.6 Å². The van der Waals surface area contributed by atoms with Gasteiger partial charge in [-0.15, -0.1) is 0 Å². The van der Waals surface area contributed by atoms with Crippen molar-refractivity contribution in [1.29, 1.82) is 0 Å². The van der Waals surface area contributed by atoms with Crippen LogP contribution in [0, 0.1) is 0 Å². The Morgan fingerprint density at radius 1 is 0.704 bits per heavy atom. The van der Waals surface area contributed by atoms with Crippen LogP contribution < -0.4 is 10.6 Å². The van der Waals surface area contributed by atoms with E-state index in [4.69, 9.17) is 0 Å². The van der Waals surface area contributed by atoms with Gasteiger partial charge in [0.05, 0.1) is 0 Å². The van der Waals surface area contributed by atoms with Gasteiger partial charge in [-0.3, -0.25) is 9.59 Å². The van der Waals surface area contributed by atoms with Gasteiger partial charge in [0.2, 0.25) is 11.8 Å². The summed E-state index contributed by atoms with van der Waals surface area (Å²) in [6.07, 6.45) is 6.39. The van der Waals surface area contributed by atoms with Crippen molar-refractivity contribution in [2.24, 2.45) is 0 Å². The molecule has 0 aliphatic carbocycles. The molecule has 0 fully saturated rings. The first-order valence-corrected chi connectivity index (χ1v) is 11.7. The summed E-state index contributed by atoms with van der Waals surface area (Å²) in [5, 5.41) is 5.59. The molecule has 0 unspecified atom stereocenters. The molecule has 140 valence electrons.